The molecule has 0 bridgehead atoms. The van der Waals surface area contributed by atoms with Crippen molar-refractivity contribution in [2.45, 2.75) is 32.2 Å². The number of fused-ring (bicyclic) bond motifs is 1. The maximum atomic E-state index is 12.3. The van der Waals surface area contributed by atoms with E-state index in [2.05, 4.69) is 10.0 Å². The fourth-order valence-corrected chi connectivity index (χ4v) is 4.16. The Morgan fingerprint density at radius 2 is 1.90 bits per heavy atom. The summed E-state index contributed by atoms with van der Waals surface area (Å²) in [6.07, 6.45) is 4.04. The van der Waals surface area contributed by atoms with E-state index in [0.29, 0.717) is 18.8 Å². The Bertz CT molecular complexity index is 580. The van der Waals surface area contributed by atoms with Crippen LogP contribution in [0.5, 0.6) is 0 Å². The van der Waals surface area contributed by atoms with E-state index in [1.54, 1.807) is 4.31 Å². The highest BCUT2D eigenvalue weighted by Gasteiger charge is 2.24. The van der Waals surface area contributed by atoms with Gasteiger partial charge in [-0.25, -0.2) is 0 Å². The minimum Gasteiger partial charge on any atom is -0.312 e. The van der Waals surface area contributed by atoms with Gasteiger partial charge >= 0.3 is 10.2 Å². The van der Waals surface area contributed by atoms with E-state index in [9.17, 15) is 8.42 Å². The maximum Gasteiger partial charge on any atom is 0.301 e. The standard InChI is InChI=1S/C14H21N3O2S/c18-20(19,17-8-2-1-3-9-17)16-14-5-4-12-6-7-15-11-13(12)10-14/h4-5,10,15-16H,1-3,6-9,11H2. The van der Waals surface area contributed by atoms with Crippen molar-refractivity contribution in [2.24, 2.45) is 0 Å². The molecule has 0 aliphatic carbocycles. The zero-order valence-corrected chi connectivity index (χ0v) is 12.4. The first-order chi connectivity index (χ1) is 9.65. The van der Waals surface area contributed by atoms with Crippen molar-refractivity contribution >= 4 is 15.9 Å². The molecule has 20 heavy (non-hydrogen) atoms. The molecule has 0 spiro atoms. The van der Waals surface area contributed by atoms with Gasteiger partial charge < -0.3 is 5.32 Å². The third-order valence-corrected chi connectivity index (χ3v) is 5.53. The number of benzene rings is 1. The van der Waals surface area contributed by atoms with Gasteiger partial charge in [0.15, 0.2) is 0 Å². The summed E-state index contributed by atoms with van der Waals surface area (Å²) in [5.74, 6) is 0. The normalized spacial score (nSPS) is 20.4. The molecule has 1 aromatic rings. The lowest BCUT2D eigenvalue weighted by molar-refractivity contribution is 0.349. The van der Waals surface area contributed by atoms with Gasteiger partial charge in [-0.3, -0.25) is 4.72 Å². The van der Waals surface area contributed by atoms with Crippen molar-refractivity contribution < 1.29 is 8.42 Å². The van der Waals surface area contributed by atoms with Crippen molar-refractivity contribution in [1.29, 1.82) is 0 Å². The first kappa shape index (κ1) is 13.9. The van der Waals surface area contributed by atoms with Crippen molar-refractivity contribution in [2.75, 3.05) is 24.4 Å². The van der Waals surface area contributed by atoms with Gasteiger partial charge in [0.25, 0.3) is 0 Å². The molecular weight excluding hydrogens is 274 g/mol. The second-order valence-corrected chi connectivity index (χ2v) is 7.15. The summed E-state index contributed by atoms with van der Waals surface area (Å²) in [5, 5.41) is 3.31. The summed E-state index contributed by atoms with van der Waals surface area (Å²) in [6.45, 7) is 3.06. The maximum absolute atomic E-state index is 12.3. The van der Waals surface area contributed by atoms with Crippen LogP contribution in [0.4, 0.5) is 5.69 Å². The highest BCUT2D eigenvalue weighted by Crippen LogP contribution is 2.21. The van der Waals surface area contributed by atoms with Crippen LogP contribution in [0.1, 0.15) is 30.4 Å². The number of anilines is 1. The van der Waals surface area contributed by atoms with Crippen LogP contribution >= 0.6 is 0 Å². The summed E-state index contributed by atoms with van der Waals surface area (Å²) in [6, 6.07) is 5.85. The quantitative estimate of drug-likeness (QED) is 0.888. The Morgan fingerprint density at radius 3 is 2.70 bits per heavy atom. The number of nitrogens with zero attached hydrogens (tertiary/aromatic N) is 1. The van der Waals surface area contributed by atoms with E-state index < -0.39 is 10.2 Å². The molecule has 2 heterocycles. The Kier molecular flexibility index (Phi) is 3.96. The van der Waals surface area contributed by atoms with Crippen molar-refractivity contribution in [3.63, 3.8) is 0 Å². The van der Waals surface area contributed by atoms with Crippen LogP contribution in [-0.2, 0) is 23.2 Å². The zero-order chi connectivity index (χ0) is 14.0. The summed E-state index contributed by atoms with van der Waals surface area (Å²) in [7, 11) is -3.40. The van der Waals surface area contributed by atoms with Gasteiger partial charge in [-0.2, -0.15) is 12.7 Å². The van der Waals surface area contributed by atoms with Crippen LogP contribution in [0.15, 0.2) is 18.2 Å². The van der Waals surface area contributed by atoms with Crippen LogP contribution in [-0.4, -0.2) is 32.4 Å². The molecule has 6 heteroatoms. The monoisotopic (exact) mass is 295 g/mol. The highest BCUT2D eigenvalue weighted by atomic mass is 32.2. The molecule has 0 amide bonds. The number of nitrogens with one attached hydrogen (secondary N) is 2. The average molecular weight is 295 g/mol. The molecule has 2 aliphatic rings. The Labute approximate surface area is 120 Å². The first-order valence-electron chi connectivity index (χ1n) is 7.25. The lowest BCUT2D eigenvalue weighted by Gasteiger charge is -2.26. The van der Waals surface area contributed by atoms with E-state index in [0.717, 1.165) is 38.8 Å². The van der Waals surface area contributed by atoms with Crippen LogP contribution in [0.2, 0.25) is 0 Å². The molecule has 3 rings (SSSR count). The number of hydrogen-bond donors (Lipinski definition) is 2. The SMILES string of the molecule is O=S(=O)(Nc1ccc2c(c1)CNCC2)N1CCCCC1. The third kappa shape index (κ3) is 2.97. The molecule has 5 nitrogen and oxygen atoms in total. The second-order valence-electron chi connectivity index (χ2n) is 5.48. The summed E-state index contributed by atoms with van der Waals surface area (Å²) in [5.41, 5.74) is 3.16. The highest BCUT2D eigenvalue weighted by molar-refractivity contribution is 7.90. The summed E-state index contributed by atoms with van der Waals surface area (Å²) < 4.78 is 28.9. The molecule has 0 unspecified atom stereocenters. The predicted molar refractivity (Wildman–Crippen MR) is 79.8 cm³/mol. The van der Waals surface area contributed by atoms with E-state index in [4.69, 9.17) is 0 Å². The Morgan fingerprint density at radius 1 is 1.10 bits per heavy atom. The topological polar surface area (TPSA) is 61.4 Å². The van der Waals surface area contributed by atoms with E-state index in [-0.39, 0.29) is 0 Å². The molecule has 1 saturated heterocycles. The van der Waals surface area contributed by atoms with Crippen LogP contribution in [0, 0.1) is 0 Å². The summed E-state index contributed by atoms with van der Waals surface area (Å²) >= 11 is 0. The molecule has 0 atom stereocenters. The molecule has 0 radical (unpaired) electrons. The van der Waals surface area contributed by atoms with Crippen molar-refractivity contribution in [3.8, 4) is 0 Å². The second kappa shape index (κ2) is 5.71. The molecule has 110 valence electrons. The minimum absolute atomic E-state index is 0.627. The average Bonchev–Trinajstić information content (AvgIpc) is 2.48. The van der Waals surface area contributed by atoms with Crippen LogP contribution in [0.25, 0.3) is 0 Å². The molecule has 2 N–H and O–H groups in total. The number of hydrogen-bond acceptors (Lipinski definition) is 3. The lowest BCUT2D eigenvalue weighted by atomic mass is 10.0. The Hall–Kier alpha value is -1.11. The van der Waals surface area contributed by atoms with E-state index in [1.807, 2.05) is 18.2 Å². The van der Waals surface area contributed by atoms with E-state index in [1.165, 1.54) is 11.1 Å². The van der Waals surface area contributed by atoms with Gasteiger partial charge in [0, 0.05) is 19.6 Å². The minimum atomic E-state index is -3.40. The van der Waals surface area contributed by atoms with E-state index >= 15 is 0 Å². The molecule has 1 aromatic carbocycles. The lowest BCUT2D eigenvalue weighted by Crippen LogP contribution is -2.39. The van der Waals surface area contributed by atoms with Gasteiger partial charge in [-0.05, 0) is 49.1 Å². The fraction of sp³-hybridized carbons (Fsp3) is 0.571. The zero-order valence-electron chi connectivity index (χ0n) is 11.6. The predicted octanol–water partition coefficient (Wildman–Crippen LogP) is 1.47. The van der Waals surface area contributed by atoms with Crippen molar-refractivity contribution in [3.05, 3.63) is 29.3 Å². The smallest absolute Gasteiger partial charge is 0.301 e. The fourth-order valence-electron chi connectivity index (χ4n) is 2.86. The first-order valence-corrected chi connectivity index (χ1v) is 8.69. The molecule has 2 aliphatic heterocycles. The van der Waals surface area contributed by atoms with Gasteiger partial charge in [-0.15, -0.1) is 0 Å². The van der Waals surface area contributed by atoms with Crippen LogP contribution in [0.3, 0.4) is 0 Å². The number of rotatable bonds is 3. The van der Waals surface area contributed by atoms with Crippen molar-refractivity contribution in [1.82, 2.24) is 9.62 Å². The molecular formula is C14H21N3O2S. The largest absolute Gasteiger partial charge is 0.312 e. The molecule has 0 saturated carbocycles. The Balaban J connectivity index is 1.76. The summed E-state index contributed by atoms with van der Waals surface area (Å²) in [4.78, 5) is 0. The number of piperidine rings is 1. The van der Waals surface area contributed by atoms with Gasteiger partial charge in [0.05, 0.1) is 5.69 Å². The third-order valence-electron chi connectivity index (χ3n) is 3.99. The molecule has 1 fully saturated rings. The van der Waals surface area contributed by atoms with Gasteiger partial charge in [0.2, 0.25) is 0 Å². The van der Waals surface area contributed by atoms with Gasteiger partial charge in [-0.1, -0.05) is 12.5 Å². The van der Waals surface area contributed by atoms with Gasteiger partial charge in [0.1, 0.15) is 0 Å². The van der Waals surface area contributed by atoms with Crippen LogP contribution < -0.4 is 10.0 Å². The molecule has 0 aromatic heterocycles.